The van der Waals surface area contributed by atoms with Crippen LogP contribution in [0.1, 0.15) is 0 Å². The van der Waals surface area contributed by atoms with Crippen LogP contribution in [0.2, 0.25) is 0 Å². The smallest absolute Gasteiger partial charge is 0.0626 e. The summed E-state index contributed by atoms with van der Waals surface area (Å²) in [5, 5.41) is 10.6. The summed E-state index contributed by atoms with van der Waals surface area (Å²) in [6.45, 7) is 0. The summed E-state index contributed by atoms with van der Waals surface area (Å²) < 4.78 is 4.85. The largest absolute Gasteiger partial charge is 0.344 e. The Kier molecular flexibility index (Phi) is 2.62. The van der Waals surface area contributed by atoms with Gasteiger partial charge < -0.3 is 8.97 Å². The van der Waals surface area contributed by atoms with Gasteiger partial charge in [0.25, 0.3) is 0 Å². The number of hydrogen-bond acceptors (Lipinski definition) is 0. The first kappa shape index (κ1) is 15.8. The minimum Gasteiger partial charge on any atom is -0.344 e. The number of para-hydroxylation sites is 1. The number of nitrogens with zero attached hydrogens (tertiary/aromatic N) is 2. The van der Waals surface area contributed by atoms with Crippen LogP contribution >= 0.6 is 0 Å². The van der Waals surface area contributed by atoms with Gasteiger partial charge in [-0.15, -0.1) is 0 Å². The van der Waals surface area contributed by atoms with Crippen LogP contribution in [-0.2, 0) is 7.05 Å². The summed E-state index contributed by atoms with van der Waals surface area (Å²) in [6.07, 6.45) is 0. The van der Waals surface area contributed by atoms with E-state index in [2.05, 4.69) is 107 Å². The van der Waals surface area contributed by atoms with Crippen molar-refractivity contribution in [2.24, 2.45) is 7.05 Å². The van der Waals surface area contributed by atoms with Crippen molar-refractivity contribution in [1.29, 1.82) is 0 Å². The Bertz CT molecular complexity index is 1970. The maximum Gasteiger partial charge on any atom is 0.0626 e. The molecule has 31 heavy (non-hydrogen) atoms. The molecular formula is C29H18N2. The zero-order valence-corrected chi connectivity index (χ0v) is 17.1. The van der Waals surface area contributed by atoms with Crippen molar-refractivity contribution in [2.75, 3.05) is 0 Å². The first-order valence-electron chi connectivity index (χ1n) is 10.8. The fourth-order valence-corrected chi connectivity index (χ4v) is 5.98. The first-order chi connectivity index (χ1) is 15.3. The maximum absolute atomic E-state index is 2.51. The van der Waals surface area contributed by atoms with Crippen LogP contribution < -0.4 is 0 Å². The first-order valence-corrected chi connectivity index (χ1v) is 10.8. The molecule has 8 aromatic rings. The van der Waals surface area contributed by atoms with Crippen molar-refractivity contribution >= 4 is 70.7 Å². The van der Waals surface area contributed by atoms with E-state index in [-0.39, 0.29) is 0 Å². The minimum atomic E-state index is 1.27. The molecule has 0 bridgehead atoms. The maximum atomic E-state index is 2.51. The number of benzene rings is 5. The van der Waals surface area contributed by atoms with E-state index >= 15 is 0 Å². The molecule has 3 heterocycles. The van der Waals surface area contributed by atoms with Crippen molar-refractivity contribution in [3.8, 4) is 0 Å². The average Bonchev–Trinajstić information content (AvgIpc) is 3.25. The van der Waals surface area contributed by atoms with Crippen LogP contribution in [0.25, 0.3) is 70.7 Å². The molecule has 0 amide bonds. The number of aromatic nitrogens is 2. The van der Waals surface area contributed by atoms with Crippen molar-refractivity contribution in [2.45, 2.75) is 0 Å². The summed E-state index contributed by atoms with van der Waals surface area (Å²) in [5.74, 6) is 0. The van der Waals surface area contributed by atoms with E-state index in [1.54, 1.807) is 0 Å². The molecule has 0 aliphatic heterocycles. The lowest BCUT2D eigenvalue weighted by molar-refractivity contribution is 1.01. The fourth-order valence-electron chi connectivity index (χ4n) is 5.98. The second-order valence-electron chi connectivity index (χ2n) is 8.65. The van der Waals surface area contributed by atoms with Gasteiger partial charge in [-0.1, -0.05) is 60.7 Å². The van der Waals surface area contributed by atoms with Gasteiger partial charge in [0.15, 0.2) is 0 Å². The van der Waals surface area contributed by atoms with Crippen molar-refractivity contribution < 1.29 is 0 Å². The van der Waals surface area contributed by atoms with Crippen LogP contribution in [0.4, 0.5) is 0 Å². The molecule has 0 unspecified atom stereocenters. The van der Waals surface area contributed by atoms with Gasteiger partial charge in [0.1, 0.15) is 0 Å². The SMILES string of the molecule is Cn1c2cccc3c2c2c1cccc2n1c2ccccc2c2cc4ccccc4c3c21. The van der Waals surface area contributed by atoms with E-state index in [0.717, 1.165) is 0 Å². The zero-order valence-electron chi connectivity index (χ0n) is 17.1. The van der Waals surface area contributed by atoms with E-state index in [1.807, 2.05) is 0 Å². The molecule has 0 spiro atoms. The molecule has 2 heteroatoms. The second kappa shape index (κ2) is 5.16. The molecule has 8 rings (SSSR count). The lowest BCUT2D eigenvalue weighted by Crippen LogP contribution is -1.89. The number of hydrogen-bond donors (Lipinski definition) is 0. The Morgan fingerprint density at radius 1 is 0.484 bits per heavy atom. The molecule has 0 aliphatic carbocycles. The van der Waals surface area contributed by atoms with Crippen molar-refractivity contribution in [3.63, 3.8) is 0 Å². The van der Waals surface area contributed by atoms with Crippen molar-refractivity contribution in [1.82, 2.24) is 8.97 Å². The average molecular weight is 394 g/mol. The van der Waals surface area contributed by atoms with Crippen molar-refractivity contribution in [3.05, 3.63) is 91.0 Å². The predicted octanol–water partition coefficient (Wildman–Crippen LogP) is 7.63. The lowest BCUT2D eigenvalue weighted by Gasteiger charge is -2.07. The number of rotatable bonds is 0. The Balaban J connectivity index is 1.95. The molecular weight excluding hydrogens is 376 g/mol. The van der Waals surface area contributed by atoms with Gasteiger partial charge in [-0.2, -0.15) is 0 Å². The molecule has 5 aromatic carbocycles. The number of fused-ring (bicyclic) bond motifs is 7. The van der Waals surface area contributed by atoms with E-state index in [0.29, 0.717) is 0 Å². The molecule has 0 saturated heterocycles. The molecule has 0 radical (unpaired) electrons. The third kappa shape index (κ3) is 1.69. The summed E-state index contributed by atoms with van der Waals surface area (Å²) in [4.78, 5) is 0. The van der Waals surface area contributed by atoms with Gasteiger partial charge in [-0.3, -0.25) is 0 Å². The third-order valence-corrected chi connectivity index (χ3v) is 7.23. The zero-order chi connectivity index (χ0) is 20.3. The van der Waals surface area contributed by atoms with E-state index in [4.69, 9.17) is 0 Å². The van der Waals surface area contributed by atoms with Gasteiger partial charge in [0, 0.05) is 39.5 Å². The minimum absolute atomic E-state index is 1.27. The highest BCUT2D eigenvalue weighted by atomic mass is 15.0. The highest BCUT2D eigenvalue weighted by Crippen LogP contribution is 2.45. The molecule has 144 valence electrons. The molecule has 2 nitrogen and oxygen atoms in total. The highest BCUT2D eigenvalue weighted by Gasteiger charge is 2.21. The molecule has 0 fully saturated rings. The number of aryl methyl sites for hydroxylation is 1. The molecule has 0 N–H and O–H groups in total. The van der Waals surface area contributed by atoms with Crippen LogP contribution in [0.3, 0.4) is 0 Å². The Morgan fingerprint density at radius 3 is 2.03 bits per heavy atom. The molecule has 0 atom stereocenters. The van der Waals surface area contributed by atoms with Gasteiger partial charge in [0.05, 0.1) is 22.1 Å². The summed E-state index contributed by atoms with van der Waals surface area (Å²) in [7, 11) is 2.19. The Morgan fingerprint density at radius 2 is 1.13 bits per heavy atom. The highest BCUT2D eigenvalue weighted by molar-refractivity contribution is 6.35. The van der Waals surface area contributed by atoms with Crippen LogP contribution in [0, 0.1) is 0 Å². The lowest BCUT2D eigenvalue weighted by atomic mass is 9.98. The Hall–Kier alpha value is -4.04. The second-order valence-corrected chi connectivity index (χ2v) is 8.65. The summed E-state index contributed by atoms with van der Waals surface area (Å²) >= 11 is 0. The van der Waals surface area contributed by atoms with Gasteiger partial charge in [-0.25, -0.2) is 0 Å². The third-order valence-electron chi connectivity index (χ3n) is 7.23. The standard InChI is InChI=1S/C29H18N2/c1-30-23-13-6-11-20-26-18-9-3-2-8-17(18)16-21-19-10-4-5-12-22(19)31(29(21)26)25-15-7-14-24(30)28(25)27(20)23/h2-16H,1H3. The van der Waals surface area contributed by atoms with Crippen LogP contribution in [-0.4, -0.2) is 8.97 Å². The summed E-state index contributed by atoms with van der Waals surface area (Å²) in [6, 6.07) is 33.6. The normalized spacial score (nSPS) is 12.7. The molecule has 0 saturated carbocycles. The van der Waals surface area contributed by atoms with Crippen LogP contribution in [0.15, 0.2) is 91.0 Å². The topological polar surface area (TPSA) is 9.34 Å². The van der Waals surface area contributed by atoms with E-state index in [9.17, 15) is 0 Å². The fraction of sp³-hybridized carbons (Fsp3) is 0.0345. The van der Waals surface area contributed by atoms with Gasteiger partial charge in [0.2, 0.25) is 0 Å². The molecule has 3 aromatic heterocycles. The quantitative estimate of drug-likeness (QED) is 0.250. The van der Waals surface area contributed by atoms with E-state index in [1.165, 1.54) is 70.7 Å². The van der Waals surface area contributed by atoms with Crippen LogP contribution in [0.5, 0.6) is 0 Å². The molecule has 0 aliphatic rings. The van der Waals surface area contributed by atoms with Gasteiger partial charge in [-0.05, 0) is 46.5 Å². The predicted molar refractivity (Wildman–Crippen MR) is 133 cm³/mol. The summed E-state index contributed by atoms with van der Waals surface area (Å²) in [5.41, 5.74) is 6.43. The van der Waals surface area contributed by atoms with Gasteiger partial charge >= 0.3 is 0 Å². The van der Waals surface area contributed by atoms with E-state index < -0.39 is 0 Å². The monoisotopic (exact) mass is 394 g/mol. The Labute approximate surface area is 177 Å².